The summed E-state index contributed by atoms with van der Waals surface area (Å²) in [4.78, 5) is 36.8. The number of benzene rings is 1. The smallest absolute Gasteiger partial charge is 0.337 e. The number of hydrogen-bond donors (Lipinski definition) is 2. The van der Waals surface area contributed by atoms with E-state index in [9.17, 15) is 14.7 Å². The van der Waals surface area contributed by atoms with Crippen LogP contribution in [-0.2, 0) is 4.79 Å². The molecule has 1 aliphatic carbocycles. The summed E-state index contributed by atoms with van der Waals surface area (Å²) in [7, 11) is 3.18. The number of nitrogens with zero attached hydrogens (tertiary/aromatic N) is 4. The number of hydrogen-bond acceptors (Lipinski definition) is 7. The van der Waals surface area contributed by atoms with Gasteiger partial charge in [0, 0.05) is 26.1 Å². The number of carbonyl (C=O) groups is 2. The zero-order chi connectivity index (χ0) is 22.1. The molecule has 2 aliphatic rings. The fourth-order valence-corrected chi connectivity index (χ4v) is 4.42. The molecular formula is C21H24ClN5O4. The molecule has 1 saturated carbocycles. The number of aromatic carboxylic acids is 1. The molecule has 0 saturated heterocycles. The van der Waals surface area contributed by atoms with Crippen molar-refractivity contribution in [2.24, 2.45) is 0 Å². The molecule has 10 heteroatoms. The minimum absolute atomic E-state index is 0.0313. The molecule has 1 fully saturated rings. The van der Waals surface area contributed by atoms with Crippen molar-refractivity contribution in [2.75, 3.05) is 35.8 Å². The summed E-state index contributed by atoms with van der Waals surface area (Å²) < 4.78 is 5.33. The molecule has 2 aromatic rings. The number of rotatable bonds is 5. The Hall–Kier alpha value is -3.07. The van der Waals surface area contributed by atoms with E-state index < -0.39 is 5.97 Å². The molecule has 31 heavy (non-hydrogen) atoms. The minimum Gasteiger partial charge on any atom is -0.495 e. The lowest BCUT2D eigenvalue weighted by atomic mass is 10.2. The van der Waals surface area contributed by atoms with Crippen molar-refractivity contribution in [1.29, 1.82) is 0 Å². The van der Waals surface area contributed by atoms with Crippen LogP contribution in [0.15, 0.2) is 18.3 Å². The van der Waals surface area contributed by atoms with Crippen molar-refractivity contribution in [3.8, 4) is 5.75 Å². The minimum atomic E-state index is -1.14. The van der Waals surface area contributed by atoms with Crippen LogP contribution in [0.4, 0.5) is 23.1 Å². The third-order valence-electron chi connectivity index (χ3n) is 5.86. The van der Waals surface area contributed by atoms with E-state index in [1.54, 1.807) is 18.1 Å². The second-order valence-corrected chi connectivity index (χ2v) is 8.11. The summed E-state index contributed by atoms with van der Waals surface area (Å²) in [5.74, 6) is 0.215. The lowest BCUT2D eigenvalue weighted by Gasteiger charge is -2.30. The van der Waals surface area contributed by atoms with E-state index in [0.717, 1.165) is 12.8 Å². The van der Waals surface area contributed by atoms with Gasteiger partial charge in [-0.25, -0.2) is 9.78 Å². The van der Waals surface area contributed by atoms with Gasteiger partial charge in [-0.2, -0.15) is 4.98 Å². The van der Waals surface area contributed by atoms with E-state index in [0.29, 0.717) is 47.9 Å². The Bertz CT molecular complexity index is 1030. The number of carboxylic acids is 1. The summed E-state index contributed by atoms with van der Waals surface area (Å²) in [5, 5.41) is 12.4. The maximum atomic E-state index is 12.5. The lowest BCUT2D eigenvalue weighted by Crippen LogP contribution is -2.34. The summed E-state index contributed by atoms with van der Waals surface area (Å²) >= 11 is 6.13. The van der Waals surface area contributed by atoms with Gasteiger partial charge >= 0.3 is 5.97 Å². The number of halogens is 1. The van der Waals surface area contributed by atoms with Crippen LogP contribution >= 0.6 is 11.6 Å². The molecule has 0 atom stereocenters. The predicted octanol–water partition coefficient (Wildman–Crippen LogP) is 3.70. The van der Waals surface area contributed by atoms with Gasteiger partial charge in [-0.15, -0.1) is 0 Å². The lowest BCUT2D eigenvalue weighted by molar-refractivity contribution is -0.118. The van der Waals surface area contributed by atoms with Crippen molar-refractivity contribution < 1.29 is 19.4 Å². The third kappa shape index (κ3) is 4.10. The summed E-state index contributed by atoms with van der Waals surface area (Å²) in [6.45, 7) is 0.611. The van der Waals surface area contributed by atoms with Gasteiger partial charge in [0.05, 0.1) is 29.6 Å². The zero-order valence-electron chi connectivity index (χ0n) is 17.4. The molecule has 1 aromatic heterocycles. The standard InChI is InChI=1S/C21H24ClN5O4/c1-26-16-11-23-21(24-15-10-14(22)13(20(29)30)9-17(15)31-2)25-19(16)27(8-7-18(26)28)12-5-3-4-6-12/h9-12H,3-8H2,1-2H3,(H,29,30)(H,23,24,25). The van der Waals surface area contributed by atoms with Gasteiger partial charge in [-0.1, -0.05) is 24.4 Å². The third-order valence-corrected chi connectivity index (χ3v) is 6.17. The molecule has 0 bridgehead atoms. The number of amides is 1. The molecule has 2 N–H and O–H groups in total. The number of fused-ring (bicyclic) bond motifs is 1. The number of ether oxygens (including phenoxy) is 1. The van der Waals surface area contributed by atoms with E-state index in [2.05, 4.69) is 15.2 Å². The summed E-state index contributed by atoms with van der Waals surface area (Å²) in [5.41, 5.74) is 1.06. The summed E-state index contributed by atoms with van der Waals surface area (Å²) in [6, 6.07) is 3.18. The van der Waals surface area contributed by atoms with Crippen molar-refractivity contribution in [1.82, 2.24) is 9.97 Å². The molecule has 164 valence electrons. The Balaban J connectivity index is 1.72. The number of nitrogens with one attached hydrogen (secondary N) is 1. The highest BCUT2D eigenvalue weighted by Crippen LogP contribution is 2.37. The molecule has 0 spiro atoms. The average molecular weight is 446 g/mol. The molecule has 0 radical (unpaired) electrons. The second-order valence-electron chi connectivity index (χ2n) is 7.70. The van der Waals surface area contributed by atoms with Gasteiger partial charge in [0.1, 0.15) is 11.4 Å². The van der Waals surface area contributed by atoms with Crippen LogP contribution in [0.3, 0.4) is 0 Å². The number of carbonyl (C=O) groups excluding carboxylic acids is 1. The summed E-state index contributed by atoms with van der Waals surface area (Å²) in [6.07, 6.45) is 6.54. The largest absolute Gasteiger partial charge is 0.495 e. The molecule has 1 aliphatic heterocycles. The van der Waals surface area contributed by atoms with E-state index in [-0.39, 0.29) is 16.5 Å². The number of carboxylic acid groups (broad SMARTS) is 1. The van der Waals surface area contributed by atoms with E-state index in [1.807, 2.05) is 0 Å². The Kier molecular flexibility index (Phi) is 5.86. The van der Waals surface area contributed by atoms with Gasteiger partial charge in [0.15, 0.2) is 5.82 Å². The zero-order valence-corrected chi connectivity index (χ0v) is 18.1. The van der Waals surface area contributed by atoms with Crippen LogP contribution in [0, 0.1) is 0 Å². The SMILES string of the molecule is COc1cc(C(=O)O)c(Cl)cc1Nc1ncc2c(n1)N(C1CCCC1)CCC(=O)N2C. The molecule has 0 unspecified atom stereocenters. The van der Waals surface area contributed by atoms with Crippen LogP contribution in [-0.4, -0.2) is 53.7 Å². The van der Waals surface area contributed by atoms with Crippen molar-refractivity contribution >= 4 is 46.6 Å². The van der Waals surface area contributed by atoms with Gasteiger partial charge < -0.3 is 25.0 Å². The molecule has 4 rings (SSSR count). The van der Waals surface area contributed by atoms with E-state index >= 15 is 0 Å². The Morgan fingerprint density at radius 2 is 2.06 bits per heavy atom. The molecule has 1 amide bonds. The normalized spacial score (nSPS) is 16.8. The van der Waals surface area contributed by atoms with Crippen molar-refractivity contribution in [3.05, 3.63) is 28.9 Å². The molecule has 2 heterocycles. The first-order valence-corrected chi connectivity index (χ1v) is 10.5. The fourth-order valence-electron chi connectivity index (χ4n) is 4.17. The Labute approximate surface area is 185 Å². The fraction of sp³-hybridized carbons (Fsp3) is 0.429. The highest BCUT2D eigenvalue weighted by molar-refractivity contribution is 6.34. The van der Waals surface area contributed by atoms with Crippen LogP contribution in [0.1, 0.15) is 42.5 Å². The topological polar surface area (TPSA) is 108 Å². The van der Waals surface area contributed by atoms with Crippen LogP contribution in [0.2, 0.25) is 5.02 Å². The Morgan fingerprint density at radius 1 is 1.32 bits per heavy atom. The van der Waals surface area contributed by atoms with Crippen LogP contribution in [0.5, 0.6) is 5.75 Å². The van der Waals surface area contributed by atoms with Gasteiger partial charge in [0.25, 0.3) is 0 Å². The highest BCUT2D eigenvalue weighted by atomic mass is 35.5. The van der Waals surface area contributed by atoms with Crippen molar-refractivity contribution in [3.63, 3.8) is 0 Å². The maximum absolute atomic E-state index is 12.5. The number of aromatic nitrogens is 2. The molecule has 9 nitrogen and oxygen atoms in total. The highest BCUT2D eigenvalue weighted by Gasteiger charge is 2.31. The van der Waals surface area contributed by atoms with Crippen LogP contribution in [0.25, 0.3) is 0 Å². The number of methoxy groups -OCH3 is 1. The quantitative estimate of drug-likeness (QED) is 0.717. The van der Waals surface area contributed by atoms with Gasteiger partial charge in [0.2, 0.25) is 11.9 Å². The molecule has 1 aromatic carbocycles. The predicted molar refractivity (Wildman–Crippen MR) is 118 cm³/mol. The average Bonchev–Trinajstić information content (AvgIpc) is 3.24. The first-order chi connectivity index (χ1) is 14.9. The first-order valence-electron chi connectivity index (χ1n) is 10.2. The van der Waals surface area contributed by atoms with Crippen molar-refractivity contribution in [2.45, 2.75) is 38.1 Å². The number of anilines is 4. The van der Waals surface area contributed by atoms with Crippen LogP contribution < -0.4 is 19.9 Å². The maximum Gasteiger partial charge on any atom is 0.337 e. The monoisotopic (exact) mass is 445 g/mol. The molecular weight excluding hydrogens is 422 g/mol. The van der Waals surface area contributed by atoms with E-state index in [4.69, 9.17) is 21.3 Å². The van der Waals surface area contributed by atoms with E-state index in [1.165, 1.54) is 32.1 Å². The first kappa shape index (κ1) is 21.2. The van der Waals surface area contributed by atoms with Gasteiger partial charge in [-0.3, -0.25) is 4.79 Å². The second kappa shape index (κ2) is 8.58. The van der Waals surface area contributed by atoms with Gasteiger partial charge in [-0.05, 0) is 25.0 Å². The Morgan fingerprint density at radius 3 is 2.74 bits per heavy atom.